The molecule has 0 spiro atoms. The average Bonchev–Trinajstić information content (AvgIpc) is 2.90. The number of hydrogen-bond acceptors (Lipinski definition) is 6. The second-order valence-electron chi connectivity index (χ2n) is 4.40. The van der Waals surface area contributed by atoms with E-state index in [1.165, 1.54) is 23.5 Å². The molecule has 0 amide bonds. The molecule has 0 aliphatic rings. The Balaban J connectivity index is 1.82. The number of nitro groups is 1. The number of rotatable bonds is 5. The molecule has 3 aromatic rings. The van der Waals surface area contributed by atoms with Gasteiger partial charge in [-0.1, -0.05) is 11.3 Å². The standard InChI is InChI=1S/C15H12N2O4S/c1-2-20-11-4-6-12(7-5-11)21-15-16-13-8-3-10(17(18)19)9-14(13)22-15/h3-9H,2H2,1H3. The van der Waals surface area contributed by atoms with Gasteiger partial charge in [0.05, 0.1) is 21.7 Å². The first-order valence-electron chi connectivity index (χ1n) is 6.61. The van der Waals surface area contributed by atoms with Crippen LogP contribution in [-0.4, -0.2) is 16.5 Å². The van der Waals surface area contributed by atoms with Gasteiger partial charge >= 0.3 is 0 Å². The Hall–Kier alpha value is -2.67. The molecule has 7 heteroatoms. The van der Waals surface area contributed by atoms with Crippen molar-refractivity contribution in [2.75, 3.05) is 6.61 Å². The van der Waals surface area contributed by atoms with E-state index in [0.717, 1.165) is 10.4 Å². The lowest BCUT2D eigenvalue weighted by atomic mass is 10.3. The third-order valence-corrected chi connectivity index (χ3v) is 3.80. The second-order valence-corrected chi connectivity index (χ2v) is 5.39. The summed E-state index contributed by atoms with van der Waals surface area (Å²) in [5.41, 5.74) is 0.723. The molecule has 0 bridgehead atoms. The molecule has 0 saturated heterocycles. The number of ether oxygens (including phenoxy) is 2. The molecule has 0 unspecified atom stereocenters. The van der Waals surface area contributed by atoms with Gasteiger partial charge < -0.3 is 9.47 Å². The number of nitro benzene ring substituents is 1. The normalized spacial score (nSPS) is 10.6. The molecular formula is C15H12N2O4S. The summed E-state index contributed by atoms with van der Waals surface area (Å²) in [6.45, 7) is 2.53. The minimum absolute atomic E-state index is 0.0452. The van der Waals surface area contributed by atoms with Crippen LogP contribution < -0.4 is 9.47 Å². The van der Waals surface area contributed by atoms with E-state index in [4.69, 9.17) is 9.47 Å². The maximum absolute atomic E-state index is 10.8. The van der Waals surface area contributed by atoms with Crippen molar-refractivity contribution in [2.24, 2.45) is 0 Å². The molecule has 1 aromatic heterocycles. The van der Waals surface area contributed by atoms with E-state index < -0.39 is 4.92 Å². The molecule has 112 valence electrons. The lowest BCUT2D eigenvalue weighted by Gasteiger charge is -2.04. The predicted octanol–water partition coefficient (Wildman–Crippen LogP) is 4.40. The number of nitrogens with zero attached hydrogens (tertiary/aromatic N) is 2. The van der Waals surface area contributed by atoms with E-state index in [0.29, 0.717) is 23.1 Å². The van der Waals surface area contributed by atoms with Gasteiger partial charge in [-0.05, 0) is 37.3 Å². The van der Waals surface area contributed by atoms with Crippen molar-refractivity contribution in [3.05, 3.63) is 52.6 Å². The fourth-order valence-corrected chi connectivity index (χ4v) is 2.79. The van der Waals surface area contributed by atoms with Gasteiger partial charge in [0, 0.05) is 12.1 Å². The molecule has 0 radical (unpaired) electrons. The van der Waals surface area contributed by atoms with Crippen LogP contribution in [0.2, 0.25) is 0 Å². The summed E-state index contributed by atoms with van der Waals surface area (Å²) >= 11 is 1.27. The molecule has 0 aliphatic heterocycles. The Morgan fingerprint density at radius 3 is 2.59 bits per heavy atom. The van der Waals surface area contributed by atoms with Crippen LogP contribution >= 0.6 is 11.3 Å². The Morgan fingerprint density at radius 2 is 1.91 bits per heavy atom. The summed E-state index contributed by atoms with van der Waals surface area (Å²) in [6.07, 6.45) is 0. The summed E-state index contributed by atoms with van der Waals surface area (Å²) in [7, 11) is 0. The molecule has 22 heavy (non-hydrogen) atoms. The fraction of sp³-hybridized carbons (Fsp3) is 0.133. The van der Waals surface area contributed by atoms with Crippen LogP contribution in [0.3, 0.4) is 0 Å². The third-order valence-electron chi connectivity index (χ3n) is 2.90. The maximum Gasteiger partial charge on any atom is 0.279 e. The van der Waals surface area contributed by atoms with Gasteiger partial charge in [0.2, 0.25) is 0 Å². The zero-order valence-corrected chi connectivity index (χ0v) is 12.5. The van der Waals surface area contributed by atoms with Crippen molar-refractivity contribution in [3.8, 4) is 16.7 Å². The fourth-order valence-electron chi connectivity index (χ4n) is 1.92. The first-order chi connectivity index (χ1) is 10.7. The molecule has 6 nitrogen and oxygen atoms in total. The summed E-state index contributed by atoms with van der Waals surface area (Å²) in [6, 6.07) is 11.8. The highest BCUT2D eigenvalue weighted by Crippen LogP contribution is 2.33. The highest BCUT2D eigenvalue weighted by Gasteiger charge is 2.11. The third kappa shape index (κ3) is 2.99. The Morgan fingerprint density at radius 1 is 1.18 bits per heavy atom. The highest BCUT2D eigenvalue weighted by atomic mass is 32.1. The summed E-state index contributed by atoms with van der Waals surface area (Å²) in [5, 5.41) is 11.2. The van der Waals surface area contributed by atoms with Crippen LogP contribution in [0.5, 0.6) is 16.7 Å². The number of thiazole rings is 1. The van der Waals surface area contributed by atoms with Gasteiger partial charge in [0.1, 0.15) is 11.5 Å². The van der Waals surface area contributed by atoms with E-state index in [9.17, 15) is 10.1 Å². The van der Waals surface area contributed by atoms with Crippen LogP contribution in [0.4, 0.5) is 5.69 Å². The van der Waals surface area contributed by atoms with Crippen LogP contribution in [-0.2, 0) is 0 Å². The van der Waals surface area contributed by atoms with Gasteiger partial charge in [-0.15, -0.1) is 0 Å². The van der Waals surface area contributed by atoms with Crippen LogP contribution in [0.25, 0.3) is 10.2 Å². The monoisotopic (exact) mass is 316 g/mol. The van der Waals surface area contributed by atoms with Gasteiger partial charge in [-0.2, -0.15) is 0 Å². The molecule has 2 aromatic carbocycles. The van der Waals surface area contributed by atoms with Gasteiger partial charge in [0.15, 0.2) is 0 Å². The van der Waals surface area contributed by atoms with Crippen molar-refractivity contribution >= 4 is 27.2 Å². The quantitative estimate of drug-likeness (QED) is 0.515. The van der Waals surface area contributed by atoms with Crippen molar-refractivity contribution in [1.82, 2.24) is 4.98 Å². The van der Waals surface area contributed by atoms with Crippen LogP contribution in [0, 0.1) is 10.1 Å². The first kappa shape index (κ1) is 14.3. The zero-order valence-electron chi connectivity index (χ0n) is 11.7. The molecule has 3 rings (SSSR count). The minimum Gasteiger partial charge on any atom is -0.494 e. The van der Waals surface area contributed by atoms with Crippen molar-refractivity contribution in [3.63, 3.8) is 0 Å². The van der Waals surface area contributed by atoms with E-state index in [2.05, 4.69) is 4.98 Å². The van der Waals surface area contributed by atoms with E-state index in [1.54, 1.807) is 18.2 Å². The van der Waals surface area contributed by atoms with E-state index in [-0.39, 0.29) is 5.69 Å². The second kappa shape index (κ2) is 5.98. The van der Waals surface area contributed by atoms with Crippen molar-refractivity contribution < 1.29 is 14.4 Å². The number of aromatic nitrogens is 1. The average molecular weight is 316 g/mol. The van der Waals surface area contributed by atoms with Crippen molar-refractivity contribution in [2.45, 2.75) is 6.92 Å². The van der Waals surface area contributed by atoms with Gasteiger partial charge in [-0.3, -0.25) is 10.1 Å². The van der Waals surface area contributed by atoms with Crippen LogP contribution in [0.15, 0.2) is 42.5 Å². The summed E-state index contributed by atoms with van der Waals surface area (Å²) < 4.78 is 11.8. The van der Waals surface area contributed by atoms with Crippen LogP contribution in [0.1, 0.15) is 6.92 Å². The number of fused-ring (bicyclic) bond motifs is 1. The van der Waals surface area contributed by atoms with Crippen molar-refractivity contribution in [1.29, 1.82) is 0 Å². The predicted molar refractivity (Wildman–Crippen MR) is 84.0 cm³/mol. The lowest BCUT2D eigenvalue weighted by molar-refractivity contribution is -0.384. The summed E-state index contributed by atoms with van der Waals surface area (Å²) in [4.78, 5) is 14.7. The molecule has 0 atom stereocenters. The smallest absolute Gasteiger partial charge is 0.279 e. The largest absolute Gasteiger partial charge is 0.494 e. The SMILES string of the molecule is CCOc1ccc(Oc2nc3ccc([N+](=O)[O-])cc3s2)cc1. The Labute approximate surface area is 130 Å². The molecule has 0 fully saturated rings. The molecule has 1 heterocycles. The Bertz CT molecular complexity index is 814. The Kier molecular flexibility index (Phi) is 3.88. The molecule has 0 saturated carbocycles. The lowest BCUT2D eigenvalue weighted by Crippen LogP contribution is -1.90. The minimum atomic E-state index is -0.424. The molecular weight excluding hydrogens is 304 g/mol. The molecule has 0 N–H and O–H groups in total. The van der Waals surface area contributed by atoms with Gasteiger partial charge in [0.25, 0.3) is 10.9 Å². The number of benzene rings is 2. The maximum atomic E-state index is 10.8. The topological polar surface area (TPSA) is 74.5 Å². The zero-order chi connectivity index (χ0) is 15.5. The summed E-state index contributed by atoms with van der Waals surface area (Å²) in [5.74, 6) is 1.41. The first-order valence-corrected chi connectivity index (χ1v) is 7.43. The molecule has 0 aliphatic carbocycles. The number of non-ortho nitro benzene ring substituents is 1. The highest BCUT2D eigenvalue weighted by molar-refractivity contribution is 7.20. The van der Waals surface area contributed by atoms with Gasteiger partial charge in [-0.25, -0.2) is 4.98 Å². The van der Waals surface area contributed by atoms with E-state index >= 15 is 0 Å². The number of hydrogen-bond donors (Lipinski definition) is 0. The van der Waals surface area contributed by atoms with E-state index in [1.807, 2.05) is 19.1 Å².